The molecule has 1 amide bonds. The Hall–Kier alpha value is -2.56. The van der Waals surface area contributed by atoms with Gasteiger partial charge in [0.2, 0.25) is 0 Å². The fourth-order valence-electron chi connectivity index (χ4n) is 2.34. The van der Waals surface area contributed by atoms with Crippen molar-refractivity contribution in [1.82, 2.24) is 4.98 Å². The van der Waals surface area contributed by atoms with Crippen LogP contribution in [0.4, 0.5) is 11.4 Å². The molecule has 2 heterocycles. The van der Waals surface area contributed by atoms with Crippen molar-refractivity contribution in [1.29, 1.82) is 0 Å². The zero-order chi connectivity index (χ0) is 13.9. The number of anilines is 2. The SMILES string of the molecule is O=C(c1ncccc1O)N1CCCNc2ccccc21. The third kappa shape index (κ3) is 2.18. The van der Waals surface area contributed by atoms with Crippen LogP contribution in [0.1, 0.15) is 16.9 Å². The quantitative estimate of drug-likeness (QED) is 0.833. The first-order valence-electron chi connectivity index (χ1n) is 6.56. The highest BCUT2D eigenvalue weighted by molar-refractivity contribution is 6.08. The average molecular weight is 269 g/mol. The fourth-order valence-corrected chi connectivity index (χ4v) is 2.34. The number of pyridine rings is 1. The molecule has 0 radical (unpaired) electrons. The van der Waals surface area contributed by atoms with E-state index in [1.54, 1.807) is 11.0 Å². The Morgan fingerprint density at radius 2 is 2.10 bits per heavy atom. The van der Waals surface area contributed by atoms with Crippen LogP contribution in [0.25, 0.3) is 0 Å². The molecule has 3 rings (SSSR count). The Morgan fingerprint density at radius 1 is 1.25 bits per heavy atom. The van der Waals surface area contributed by atoms with Gasteiger partial charge in [-0.15, -0.1) is 0 Å². The third-order valence-corrected chi connectivity index (χ3v) is 3.30. The van der Waals surface area contributed by atoms with Gasteiger partial charge in [-0.2, -0.15) is 0 Å². The molecule has 0 spiro atoms. The summed E-state index contributed by atoms with van der Waals surface area (Å²) in [5.41, 5.74) is 1.83. The number of hydrogen-bond donors (Lipinski definition) is 2. The van der Waals surface area contributed by atoms with Crippen LogP contribution in [0.2, 0.25) is 0 Å². The van der Waals surface area contributed by atoms with Crippen LogP contribution < -0.4 is 10.2 Å². The number of para-hydroxylation sites is 2. The van der Waals surface area contributed by atoms with Gasteiger partial charge >= 0.3 is 0 Å². The molecule has 1 aliphatic heterocycles. The second-order valence-electron chi connectivity index (χ2n) is 4.63. The minimum Gasteiger partial charge on any atom is -0.505 e. The number of benzene rings is 1. The Balaban J connectivity index is 2.02. The van der Waals surface area contributed by atoms with E-state index < -0.39 is 0 Å². The van der Waals surface area contributed by atoms with E-state index in [4.69, 9.17) is 0 Å². The maximum absolute atomic E-state index is 12.6. The Labute approximate surface area is 116 Å². The predicted molar refractivity (Wildman–Crippen MR) is 77.1 cm³/mol. The van der Waals surface area contributed by atoms with Crippen molar-refractivity contribution in [2.75, 3.05) is 23.3 Å². The molecule has 2 aromatic rings. The molecule has 1 aromatic heterocycles. The lowest BCUT2D eigenvalue weighted by molar-refractivity contribution is 0.0979. The van der Waals surface area contributed by atoms with E-state index in [0.717, 1.165) is 24.3 Å². The van der Waals surface area contributed by atoms with Crippen molar-refractivity contribution in [2.24, 2.45) is 0 Å². The van der Waals surface area contributed by atoms with Crippen LogP contribution in [-0.4, -0.2) is 29.1 Å². The van der Waals surface area contributed by atoms with Crippen LogP contribution in [0.15, 0.2) is 42.6 Å². The first-order valence-corrected chi connectivity index (χ1v) is 6.56. The van der Waals surface area contributed by atoms with E-state index in [1.165, 1.54) is 12.3 Å². The maximum Gasteiger partial charge on any atom is 0.280 e. The van der Waals surface area contributed by atoms with E-state index in [1.807, 2.05) is 24.3 Å². The van der Waals surface area contributed by atoms with Gasteiger partial charge < -0.3 is 15.3 Å². The molecule has 0 bridgehead atoms. The molecule has 0 saturated heterocycles. The van der Waals surface area contributed by atoms with Gasteiger partial charge in [-0.05, 0) is 30.7 Å². The number of nitrogens with zero attached hydrogens (tertiary/aromatic N) is 2. The van der Waals surface area contributed by atoms with Crippen LogP contribution >= 0.6 is 0 Å². The lowest BCUT2D eigenvalue weighted by Crippen LogP contribution is -2.32. The summed E-state index contributed by atoms with van der Waals surface area (Å²) >= 11 is 0. The summed E-state index contributed by atoms with van der Waals surface area (Å²) in [6.45, 7) is 1.41. The standard InChI is InChI=1S/C15H15N3O2/c19-13-7-3-8-17-14(13)15(20)18-10-4-9-16-11-5-1-2-6-12(11)18/h1-3,5-8,16,19H,4,9-10H2. The van der Waals surface area contributed by atoms with Crippen LogP contribution in [0, 0.1) is 0 Å². The van der Waals surface area contributed by atoms with Crippen LogP contribution in [0.3, 0.4) is 0 Å². The summed E-state index contributed by atoms with van der Waals surface area (Å²) in [6, 6.07) is 10.7. The van der Waals surface area contributed by atoms with Crippen molar-refractivity contribution in [3.8, 4) is 5.75 Å². The number of fused-ring (bicyclic) bond motifs is 1. The second kappa shape index (κ2) is 5.21. The molecule has 5 nitrogen and oxygen atoms in total. The molecule has 0 unspecified atom stereocenters. The van der Waals surface area contributed by atoms with Crippen LogP contribution in [0.5, 0.6) is 5.75 Å². The van der Waals surface area contributed by atoms with Gasteiger partial charge in [-0.25, -0.2) is 4.98 Å². The lowest BCUT2D eigenvalue weighted by Gasteiger charge is -2.22. The summed E-state index contributed by atoms with van der Waals surface area (Å²) in [6.07, 6.45) is 2.35. The first kappa shape index (κ1) is 12.5. The summed E-state index contributed by atoms with van der Waals surface area (Å²) in [5.74, 6) is -0.369. The third-order valence-electron chi connectivity index (χ3n) is 3.30. The van der Waals surface area contributed by atoms with E-state index >= 15 is 0 Å². The van der Waals surface area contributed by atoms with E-state index in [-0.39, 0.29) is 17.4 Å². The zero-order valence-electron chi connectivity index (χ0n) is 10.9. The van der Waals surface area contributed by atoms with Gasteiger partial charge in [0.15, 0.2) is 5.69 Å². The number of aromatic hydroxyl groups is 1. The largest absolute Gasteiger partial charge is 0.505 e. The van der Waals surface area contributed by atoms with Crippen LogP contribution in [-0.2, 0) is 0 Å². The number of hydrogen-bond acceptors (Lipinski definition) is 4. The number of nitrogens with one attached hydrogen (secondary N) is 1. The highest BCUT2D eigenvalue weighted by Crippen LogP contribution is 2.30. The topological polar surface area (TPSA) is 65.5 Å². The van der Waals surface area contributed by atoms with Gasteiger partial charge in [0, 0.05) is 19.3 Å². The number of carbonyl (C=O) groups is 1. The van der Waals surface area contributed by atoms with Gasteiger partial charge in [0.1, 0.15) is 5.75 Å². The molecule has 5 heteroatoms. The zero-order valence-corrected chi connectivity index (χ0v) is 10.9. The normalized spacial score (nSPS) is 14.1. The molecule has 0 saturated carbocycles. The van der Waals surface area contributed by atoms with Crippen molar-refractivity contribution < 1.29 is 9.90 Å². The van der Waals surface area contributed by atoms with Gasteiger partial charge in [0.25, 0.3) is 5.91 Å². The minimum atomic E-state index is -0.278. The fraction of sp³-hybridized carbons (Fsp3) is 0.200. The smallest absolute Gasteiger partial charge is 0.280 e. The molecular formula is C15H15N3O2. The Bertz CT molecular complexity index is 643. The van der Waals surface area contributed by atoms with E-state index in [2.05, 4.69) is 10.3 Å². The Kier molecular flexibility index (Phi) is 3.25. The number of carbonyl (C=O) groups excluding carboxylic acids is 1. The van der Waals surface area contributed by atoms with Gasteiger partial charge in [-0.1, -0.05) is 12.1 Å². The maximum atomic E-state index is 12.6. The van der Waals surface area contributed by atoms with Crippen molar-refractivity contribution >= 4 is 17.3 Å². The predicted octanol–water partition coefficient (Wildman–Crippen LogP) is 2.25. The number of aromatic nitrogens is 1. The van der Waals surface area contributed by atoms with Gasteiger partial charge in [-0.3, -0.25) is 4.79 Å². The number of amides is 1. The molecule has 0 fully saturated rings. The molecule has 0 aliphatic carbocycles. The van der Waals surface area contributed by atoms with E-state index in [0.29, 0.717) is 6.54 Å². The monoisotopic (exact) mass is 269 g/mol. The van der Waals surface area contributed by atoms with Crippen molar-refractivity contribution in [3.63, 3.8) is 0 Å². The highest BCUT2D eigenvalue weighted by atomic mass is 16.3. The average Bonchev–Trinajstić information content (AvgIpc) is 2.69. The highest BCUT2D eigenvalue weighted by Gasteiger charge is 2.24. The summed E-state index contributed by atoms with van der Waals surface area (Å²) in [5, 5.41) is 13.1. The second-order valence-corrected chi connectivity index (χ2v) is 4.63. The lowest BCUT2D eigenvalue weighted by atomic mass is 10.2. The summed E-state index contributed by atoms with van der Waals surface area (Å²) < 4.78 is 0. The number of rotatable bonds is 1. The summed E-state index contributed by atoms with van der Waals surface area (Å²) in [7, 11) is 0. The van der Waals surface area contributed by atoms with Crippen molar-refractivity contribution in [2.45, 2.75) is 6.42 Å². The van der Waals surface area contributed by atoms with Gasteiger partial charge in [0.05, 0.1) is 11.4 Å². The van der Waals surface area contributed by atoms with E-state index in [9.17, 15) is 9.90 Å². The minimum absolute atomic E-state index is 0.0872. The molecular weight excluding hydrogens is 254 g/mol. The van der Waals surface area contributed by atoms with Crippen molar-refractivity contribution in [3.05, 3.63) is 48.3 Å². The molecule has 102 valence electrons. The molecule has 0 atom stereocenters. The molecule has 2 N–H and O–H groups in total. The summed E-state index contributed by atoms with van der Waals surface area (Å²) in [4.78, 5) is 18.3. The first-order chi connectivity index (χ1) is 9.77. The molecule has 1 aliphatic rings. The Morgan fingerprint density at radius 3 is 2.95 bits per heavy atom. The molecule has 1 aromatic carbocycles. The molecule has 20 heavy (non-hydrogen) atoms.